The van der Waals surface area contributed by atoms with Gasteiger partial charge in [-0.3, -0.25) is 4.79 Å². The van der Waals surface area contributed by atoms with E-state index in [1.165, 1.54) is 0 Å². The molecule has 0 aliphatic carbocycles. The van der Waals surface area contributed by atoms with E-state index in [4.69, 9.17) is 5.73 Å². The Kier molecular flexibility index (Phi) is 4.93. The number of aromatic nitrogens is 2. The molecule has 0 bridgehead atoms. The molecular weight excluding hydrogens is 356 g/mol. The number of hydrogen-bond donors (Lipinski definition) is 1. The minimum Gasteiger partial charge on any atom is -0.338 e. The molecule has 0 saturated carbocycles. The molecule has 27 heavy (non-hydrogen) atoms. The summed E-state index contributed by atoms with van der Waals surface area (Å²) in [5.74, 6) is 0.903. The second-order valence-electron chi connectivity index (χ2n) is 7.50. The summed E-state index contributed by atoms with van der Waals surface area (Å²) < 4.78 is 2.03. The van der Waals surface area contributed by atoms with Gasteiger partial charge in [0, 0.05) is 41.7 Å². The van der Waals surface area contributed by atoms with Crippen LogP contribution in [-0.4, -0.2) is 39.8 Å². The molecule has 1 unspecified atom stereocenters. The lowest BCUT2D eigenvalue weighted by molar-refractivity contribution is 0.0777. The minimum absolute atomic E-state index is 0.0551. The van der Waals surface area contributed by atoms with Crippen molar-refractivity contribution in [2.45, 2.75) is 24.0 Å². The highest BCUT2D eigenvalue weighted by Crippen LogP contribution is 2.30. The molecule has 1 amide bonds. The van der Waals surface area contributed by atoms with Gasteiger partial charge < -0.3 is 15.0 Å². The van der Waals surface area contributed by atoms with Crippen LogP contribution in [0.2, 0.25) is 0 Å². The topological polar surface area (TPSA) is 63.6 Å². The minimum atomic E-state index is 0.0551. The van der Waals surface area contributed by atoms with E-state index in [9.17, 15) is 4.79 Å². The fourth-order valence-corrected chi connectivity index (χ4v) is 4.24. The molecule has 1 saturated heterocycles. The summed E-state index contributed by atoms with van der Waals surface area (Å²) in [4.78, 5) is 20.4. The molecule has 3 heterocycles. The molecule has 0 radical (unpaired) electrons. The standard InChI is InChI=1S/C21H24N4OS/c1-21(14-22)9-11-25(15-21)20(26)16-5-7-18(8-6-16)27-13-17-12-24-10-3-2-4-19(24)23-17/h2-8,10,12H,9,11,13-15,22H2,1H3. The van der Waals surface area contributed by atoms with Crippen molar-refractivity contribution in [3.8, 4) is 0 Å². The smallest absolute Gasteiger partial charge is 0.253 e. The van der Waals surface area contributed by atoms with Crippen molar-refractivity contribution in [1.29, 1.82) is 0 Å². The average Bonchev–Trinajstić information content (AvgIpc) is 3.30. The summed E-state index contributed by atoms with van der Waals surface area (Å²) in [5, 5.41) is 0. The van der Waals surface area contributed by atoms with Gasteiger partial charge in [-0.05, 0) is 54.8 Å². The van der Waals surface area contributed by atoms with Crippen molar-refractivity contribution in [1.82, 2.24) is 14.3 Å². The van der Waals surface area contributed by atoms with E-state index in [1.54, 1.807) is 11.8 Å². The first kappa shape index (κ1) is 18.1. The van der Waals surface area contributed by atoms with Gasteiger partial charge in [-0.1, -0.05) is 13.0 Å². The molecule has 1 aliphatic heterocycles. The van der Waals surface area contributed by atoms with E-state index >= 15 is 0 Å². The Bertz CT molecular complexity index is 919. The molecule has 1 atom stereocenters. The number of likely N-dealkylation sites (tertiary alicyclic amines) is 1. The van der Waals surface area contributed by atoms with Gasteiger partial charge in [0.1, 0.15) is 5.65 Å². The third-order valence-corrected chi connectivity index (χ3v) is 6.29. The van der Waals surface area contributed by atoms with Crippen molar-refractivity contribution in [2.75, 3.05) is 19.6 Å². The van der Waals surface area contributed by atoms with Crippen molar-refractivity contribution in [3.63, 3.8) is 0 Å². The molecule has 0 spiro atoms. The molecule has 1 aliphatic rings. The molecule has 2 N–H and O–H groups in total. The van der Waals surface area contributed by atoms with Crippen LogP contribution in [0.4, 0.5) is 0 Å². The number of carbonyl (C=O) groups is 1. The predicted molar refractivity (Wildman–Crippen MR) is 109 cm³/mol. The van der Waals surface area contributed by atoms with E-state index in [0.717, 1.165) is 47.1 Å². The summed E-state index contributed by atoms with van der Waals surface area (Å²) in [6.07, 6.45) is 5.04. The van der Waals surface area contributed by atoms with Crippen LogP contribution in [0, 0.1) is 5.41 Å². The van der Waals surface area contributed by atoms with Crippen LogP contribution in [0.1, 0.15) is 29.4 Å². The van der Waals surface area contributed by atoms with E-state index < -0.39 is 0 Å². The quantitative estimate of drug-likeness (QED) is 0.689. The fraction of sp³-hybridized carbons (Fsp3) is 0.333. The van der Waals surface area contributed by atoms with Crippen LogP contribution in [0.3, 0.4) is 0 Å². The van der Waals surface area contributed by atoms with Crippen molar-refractivity contribution in [3.05, 3.63) is 66.1 Å². The molecule has 2 aromatic heterocycles. The lowest BCUT2D eigenvalue weighted by Crippen LogP contribution is -2.34. The van der Waals surface area contributed by atoms with Crippen LogP contribution in [0.15, 0.2) is 59.8 Å². The summed E-state index contributed by atoms with van der Waals surface area (Å²) in [5.41, 5.74) is 8.65. The first-order valence-corrected chi connectivity index (χ1v) is 10.2. The normalized spacial score (nSPS) is 19.7. The molecule has 140 valence electrons. The van der Waals surface area contributed by atoms with Gasteiger partial charge in [-0.15, -0.1) is 11.8 Å². The first-order valence-electron chi connectivity index (χ1n) is 9.21. The van der Waals surface area contributed by atoms with Crippen LogP contribution < -0.4 is 5.73 Å². The molecular formula is C21H24N4OS. The number of nitrogens with two attached hydrogens (primary N) is 1. The fourth-order valence-electron chi connectivity index (χ4n) is 3.45. The summed E-state index contributed by atoms with van der Waals surface area (Å²) in [7, 11) is 0. The predicted octanol–water partition coefficient (Wildman–Crippen LogP) is 3.44. The van der Waals surface area contributed by atoms with Gasteiger partial charge in [0.25, 0.3) is 5.91 Å². The molecule has 4 rings (SSSR count). The van der Waals surface area contributed by atoms with Crippen molar-refractivity contribution < 1.29 is 4.79 Å². The third-order valence-electron chi connectivity index (χ3n) is 5.24. The lowest BCUT2D eigenvalue weighted by Gasteiger charge is -2.22. The maximum Gasteiger partial charge on any atom is 0.253 e. The van der Waals surface area contributed by atoms with Gasteiger partial charge in [-0.2, -0.15) is 0 Å². The van der Waals surface area contributed by atoms with Crippen LogP contribution in [-0.2, 0) is 5.75 Å². The van der Waals surface area contributed by atoms with Crippen LogP contribution in [0.5, 0.6) is 0 Å². The van der Waals surface area contributed by atoms with E-state index in [-0.39, 0.29) is 11.3 Å². The number of fused-ring (bicyclic) bond motifs is 1. The number of benzene rings is 1. The number of imidazole rings is 1. The number of carbonyl (C=O) groups excluding carboxylic acids is 1. The number of amides is 1. The monoisotopic (exact) mass is 380 g/mol. The average molecular weight is 381 g/mol. The molecule has 3 aromatic rings. The highest BCUT2D eigenvalue weighted by molar-refractivity contribution is 7.98. The summed E-state index contributed by atoms with van der Waals surface area (Å²) >= 11 is 1.73. The number of rotatable bonds is 5. The lowest BCUT2D eigenvalue weighted by atomic mass is 9.90. The Morgan fingerprint density at radius 2 is 2.07 bits per heavy atom. The number of pyridine rings is 1. The highest BCUT2D eigenvalue weighted by atomic mass is 32.2. The maximum absolute atomic E-state index is 12.7. The largest absolute Gasteiger partial charge is 0.338 e. The zero-order valence-electron chi connectivity index (χ0n) is 15.5. The SMILES string of the molecule is CC1(CN)CCN(C(=O)c2ccc(SCc3cn4ccccc4n3)cc2)C1. The Balaban J connectivity index is 1.38. The van der Waals surface area contributed by atoms with E-state index in [0.29, 0.717) is 6.54 Å². The highest BCUT2D eigenvalue weighted by Gasteiger charge is 2.35. The Morgan fingerprint density at radius 3 is 2.78 bits per heavy atom. The van der Waals surface area contributed by atoms with Gasteiger partial charge in [0.15, 0.2) is 0 Å². The molecule has 5 nitrogen and oxygen atoms in total. The molecule has 1 aromatic carbocycles. The first-order chi connectivity index (χ1) is 13.1. The molecule has 6 heteroatoms. The van der Waals surface area contributed by atoms with Gasteiger partial charge in [0.2, 0.25) is 0 Å². The van der Waals surface area contributed by atoms with Gasteiger partial charge in [-0.25, -0.2) is 4.98 Å². The maximum atomic E-state index is 12.7. The van der Waals surface area contributed by atoms with Crippen LogP contribution >= 0.6 is 11.8 Å². The Hall–Kier alpha value is -2.31. The van der Waals surface area contributed by atoms with Crippen LogP contribution in [0.25, 0.3) is 5.65 Å². The third kappa shape index (κ3) is 3.87. The second kappa shape index (κ2) is 7.37. The summed E-state index contributed by atoms with van der Waals surface area (Å²) in [6.45, 7) is 4.30. The van der Waals surface area contributed by atoms with Crippen molar-refractivity contribution >= 4 is 23.3 Å². The van der Waals surface area contributed by atoms with E-state index in [2.05, 4.69) is 18.1 Å². The number of hydrogen-bond acceptors (Lipinski definition) is 4. The van der Waals surface area contributed by atoms with Crippen molar-refractivity contribution in [2.24, 2.45) is 11.1 Å². The number of thioether (sulfide) groups is 1. The Labute approximate surface area is 163 Å². The number of nitrogens with zero attached hydrogens (tertiary/aromatic N) is 3. The van der Waals surface area contributed by atoms with E-state index in [1.807, 2.05) is 58.0 Å². The zero-order valence-corrected chi connectivity index (χ0v) is 16.3. The Morgan fingerprint density at radius 1 is 1.26 bits per heavy atom. The van der Waals surface area contributed by atoms with Gasteiger partial charge >= 0.3 is 0 Å². The summed E-state index contributed by atoms with van der Waals surface area (Å²) in [6, 6.07) is 13.9. The molecule has 1 fully saturated rings. The zero-order chi connectivity index (χ0) is 18.9. The second-order valence-corrected chi connectivity index (χ2v) is 8.55. The van der Waals surface area contributed by atoms with Gasteiger partial charge in [0.05, 0.1) is 5.69 Å².